The van der Waals surface area contributed by atoms with E-state index in [0.29, 0.717) is 32.3 Å². The normalized spacial score (nSPS) is 12.0. The number of pyridine rings is 1. The van der Waals surface area contributed by atoms with E-state index < -0.39 is 0 Å². The van der Waals surface area contributed by atoms with Crippen molar-refractivity contribution in [2.75, 3.05) is 14.1 Å². The largest absolute Gasteiger partial charge is 0.383 e. The molecule has 0 aliphatic rings. The van der Waals surface area contributed by atoms with Crippen molar-refractivity contribution in [2.45, 2.75) is 6.92 Å². The fourth-order valence-corrected chi connectivity index (χ4v) is 4.72. The van der Waals surface area contributed by atoms with E-state index in [4.69, 9.17) is 23.2 Å². The van der Waals surface area contributed by atoms with Crippen molar-refractivity contribution in [3.8, 4) is 11.1 Å². The molecule has 0 bridgehead atoms. The Balaban J connectivity index is 2.02. The van der Waals surface area contributed by atoms with Gasteiger partial charge in [-0.15, -0.1) is 0 Å². The predicted octanol–water partition coefficient (Wildman–Crippen LogP) is 5.65. The zero-order valence-electron chi connectivity index (χ0n) is 18.5. The molecule has 7 heteroatoms. The number of nitrogens with zero attached hydrogens (tertiary/aromatic N) is 3. The molecule has 0 N–H and O–H groups in total. The fraction of sp³-hybridized carbons (Fsp3) is 0.200. The van der Waals surface area contributed by atoms with Crippen molar-refractivity contribution in [1.29, 1.82) is 0 Å². The van der Waals surface area contributed by atoms with Crippen LogP contribution in [0.4, 0.5) is 0 Å². The molecule has 0 aliphatic carbocycles. The summed E-state index contributed by atoms with van der Waals surface area (Å²) < 4.78 is 3.59. The highest BCUT2D eigenvalue weighted by molar-refractivity contribution is 6.36. The van der Waals surface area contributed by atoms with E-state index in [1.807, 2.05) is 54.9 Å². The van der Waals surface area contributed by atoms with Crippen LogP contribution in [0.25, 0.3) is 33.1 Å². The molecule has 0 unspecified atom stereocenters. The molecule has 2 aromatic carbocycles. The molecule has 0 saturated carbocycles. The van der Waals surface area contributed by atoms with Crippen molar-refractivity contribution in [3.63, 3.8) is 0 Å². The molecule has 0 amide bonds. The van der Waals surface area contributed by atoms with Gasteiger partial charge in [0, 0.05) is 72.4 Å². The number of carbonyl (C=O) groups excluding carboxylic acids is 1. The first-order chi connectivity index (χ1) is 15.1. The van der Waals surface area contributed by atoms with Crippen molar-refractivity contribution in [1.82, 2.24) is 14.0 Å². The number of fused-ring (bicyclic) bond motifs is 3. The van der Waals surface area contributed by atoms with Crippen LogP contribution in [0, 0.1) is 0 Å². The summed E-state index contributed by atoms with van der Waals surface area (Å²) in [6.07, 6.45) is 1.81. The molecular weight excluding hydrogens is 445 g/mol. The van der Waals surface area contributed by atoms with Crippen LogP contribution in [0.15, 0.2) is 59.0 Å². The molecule has 0 fully saturated rings. The molecule has 32 heavy (non-hydrogen) atoms. The molecule has 164 valence electrons. The standard InChI is InChI=1S/C25H23Cl2N3O2/c1-14(13-28(2)3)23(31)15-6-9-22-18(10-15)19-12-20(17-8-7-16(26)11-21(17)27)25(32)30(5)24(19)29(22)4/h6-13H,1-5H3. The van der Waals surface area contributed by atoms with Gasteiger partial charge in [-0.1, -0.05) is 29.3 Å². The quantitative estimate of drug-likeness (QED) is 0.287. The van der Waals surface area contributed by atoms with Gasteiger partial charge in [0.05, 0.1) is 10.5 Å². The molecule has 2 heterocycles. The molecule has 4 aromatic rings. The van der Waals surface area contributed by atoms with Crippen molar-refractivity contribution in [3.05, 3.63) is 80.2 Å². The van der Waals surface area contributed by atoms with Crippen LogP contribution in [0.5, 0.6) is 0 Å². The second-order valence-electron chi connectivity index (χ2n) is 8.18. The molecule has 0 saturated heterocycles. The maximum absolute atomic E-state index is 13.2. The molecule has 0 spiro atoms. The third kappa shape index (κ3) is 3.61. The molecule has 0 radical (unpaired) electrons. The SMILES string of the molecule is CC(=CN(C)C)C(=O)c1ccc2c(c1)c1cc(-c3ccc(Cl)cc3Cl)c(=O)n(C)c1n2C. The van der Waals surface area contributed by atoms with Gasteiger partial charge in [0.2, 0.25) is 0 Å². The van der Waals surface area contributed by atoms with E-state index in [-0.39, 0.29) is 11.3 Å². The minimum atomic E-state index is -0.159. The van der Waals surface area contributed by atoms with Crippen LogP contribution in [0.2, 0.25) is 10.0 Å². The van der Waals surface area contributed by atoms with E-state index in [1.165, 1.54) is 0 Å². The second-order valence-corrected chi connectivity index (χ2v) is 9.02. The lowest BCUT2D eigenvalue weighted by Gasteiger charge is -2.09. The van der Waals surface area contributed by atoms with E-state index in [1.54, 1.807) is 42.9 Å². The number of ketones is 1. The monoisotopic (exact) mass is 467 g/mol. The summed E-state index contributed by atoms with van der Waals surface area (Å²) in [5, 5.41) is 2.68. The number of aryl methyl sites for hydroxylation is 2. The van der Waals surface area contributed by atoms with Gasteiger partial charge in [-0.3, -0.25) is 14.2 Å². The zero-order valence-corrected chi connectivity index (χ0v) is 20.0. The number of rotatable bonds is 4. The zero-order chi connectivity index (χ0) is 23.3. The van der Waals surface area contributed by atoms with Gasteiger partial charge < -0.3 is 9.47 Å². The number of halogens is 2. The minimum absolute atomic E-state index is 0.0385. The Morgan fingerprint density at radius 1 is 0.938 bits per heavy atom. The highest BCUT2D eigenvalue weighted by atomic mass is 35.5. The first-order valence-corrected chi connectivity index (χ1v) is 10.8. The number of hydrogen-bond donors (Lipinski definition) is 0. The lowest BCUT2D eigenvalue weighted by Crippen LogP contribution is -2.20. The highest BCUT2D eigenvalue weighted by Gasteiger charge is 2.19. The summed E-state index contributed by atoms with van der Waals surface area (Å²) in [4.78, 5) is 28.0. The first kappa shape index (κ1) is 22.2. The van der Waals surface area contributed by atoms with Crippen LogP contribution in [0.3, 0.4) is 0 Å². The third-order valence-corrected chi connectivity index (χ3v) is 6.19. The van der Waals surface area contributed by atoms with E-state index in [2.05, 4.69) is 0 Å². The van der Waals surface area contributed by atoms with Crippen LogP contribution in [-0.4, -0.2) is 33.9 Å². The Kier molecular flexibility index (Phi) is 5.65. The van der Waals surface area contributed by atoms with E-state index in [9.17, 15) is 9.59 Å². The first-order valence-electron chi connectivity index (χ1n) is 10.1. The van der Waals surface area contributed by atoms with Crippen LogP contribution >= 0.6 is 23.2 Å². The second kappa shape index (κ2) is 8.15. The van der Waals surface area contributed by atoms with Crippen molar-refractivity contribution in [2.24, 2.45) is 14.1 Å². The molecule has 2 aromatic heterocycles. The predicted molar refractivity (Wildman–Crippen MR) is 133 cm³/mol. The lowest BCUT2D eigenvalue weighted by atomic mass is 10.0. The number of benzene rings is 2. The molecule has 0 aliphatic heterocycles. The number of hydrogen-bond acceptors (Lipinski definition) is 3. The van der Waals surface area contributed by atoms with Crippen LogP contribution in [-0.2, 0) is 14.1 Å². The van der Waals surface area contributed by atoms with E-state index >= 15 is 0 Å². The molecular formula is C25H23Cl2N3O2. The summed E-state index contributed by atoms with van der Waals surface area (Å²) in [7, 11) is 7.42. The summed E-state index contributed by atoms with van der Waals surface area (Å²) >= 11 is 12.5. The molecule has 0 atom stereocenters. The molecule has 4 rings (SSSR count). The fourth-order valence-electron chi connectivity index (χ4n) is 4.21. The highest BCUT2D eigenvalue weighted by Crippen LogP contribution is 2.34. The van der Waals surface area contributed by atoms with Crippen LogP contribution in [0.1, 0.15) is 17.3 Å². The Hall–Kier alpha value is -3.02. The minimum Gasteiger partial charge on any atom is -0.383 e. The number of Topliss-reactive ketones (excluding diaryl/α,β-unsaturated/α-hetero) is 1. The third-order valence-electron chi connectivity index (χ3n) is 5.64. The Labute approximate surface area is 196 Å². The Morgan fingerprint density at radius 2 is 1.66 bits per heavy atom. The van der Waals surface area contributed by atoms with Crippen molar-refractivity contribution >= 4 is 50.9 Å². The maximum Gasteiger partial charge on any atom is 0.259 e. The topological polar surface area (TPSA) is 47.2 Å². The summed E-state index contributed by atoms with van der Waals surface area (Å²) in [5.74, 6) is -0.0385. The van der Waals surface area contributed by atoms with E-state index in [0.717, 1.165) is 21.9 Å². The lowest BCUT2D eigenvalue weighted by molar-refractivity contribution is 0.103. The van der Waals surface area contributed by atoms with Gasteiger partial charge in [0.1, 0.15) is 5.65 Å². The number of allylic oxidation sites excluding steroid dienone is 1. The van der Waals surface area contributed by atoms with Gasteiger partial charge in [0.25, 0.3) is 5.56 Å². The van der Waals surface area contributed by atoms with Gasteiger partial charge in [-0.25, -0.2) is 0 Å². The summed E-state index contributed by atoms with van der Waals surface area (Å²) in [6, 6.07) is 12.6. The maximum atomic E-state index is 13.2. The number of carbonyl (C=O) groups is 1. The van der Waals surface area contributed by atoms with Gasteiger partial charge in [-0.05, 0) is 43.3 Å². The van der Waals surface area contributed by atoms with Gasteiger partial charge in [-0.2, -0.15) is 0 Å². The Bertz CT molecular complexity index is 1490. The summed E-state index contributed by atoms with van der Waals surface area (Å²) in [6.45, 7) is 1.81. The summed E-state index contributed by atoms with van der Waals surface area (Å²) in [5.41, 5.74) is 3.89. The van der Waals surface area contributed by atoms with Gasteiger partial charge >= 0.3 is 0 Å². The van der Waals surface area contributed by atoms with Crippen molar-refractivity contribution < 1.29 is 4.79 Å². The van der Waals surface area contributed by atoms with Gasteiger partial charge in [0.15, 0.2) is 5.78 Å². The smallest absolute Gasteiger partial charge is 0.259 e. The Morgan fingerprint density at radius 3 is 2.31 bits per heavy atom. The average molecular weight is 468 g/mol. The number of aromatic nitrogens is 2. The van der Waals surface area contributed by atoms with Crippen LogP contribution < -0.4 is 5.56 Å². The molecule has 5 nitrogen and oxygen atoms in total. The average Bonchev–Trinajstić information content (AvgIpc) is 3.01.